The molecule has 0 fully saturated rings. The number of anilines is 1. The van der Waals surface area contributed by atoms with E-state index in [1.807, 2.05) is 41.8 Å². The van der Waals surface area contributed by atoms with E-state index < -0.39 is 0 Å². The van der Waals surface area contributed by atoms with Crippen LogP contribution >= 0.6 is 22.9 Å². The van der Waals surface area contributed by atoms with Crippen LogP contribution in [0.3, 0.4) is 0 Å². The first-order chi connectivity index (χ1) is 11.7. The van der Waals surface area contributed by atoms with Gasteiger partial charge in [0.05, 0.1) is 13.7 Å². The summed E-state index contributed by atoms with van der Waals surface area (Å²) in [7, 11) is 1.59. The average molecular weight is 358 g/mol. The maximum absolute atomic E-state index is 13.1. The van der Waals surface area contributed by atoms with Crippen molar-refractivity contribution < 1.29 is 9.53 Å². The number of nitrogens with zero attached hydrogens (tertiary/aromatic N) is 1. The van der Waals surface area contributed by atoms with Gasteiger partial charge in [-0.05, 0) is 47.8 Å². The van der Waals surface area contributed by atoms with Crippen molar-refractivity contribution in [3.63, 3.8) is 0 Å². The van der Waals surface area contributed by atoms with Crippen LogP contribution in [0, 0.1) is 0 Å². The normalized spacial score (nSPS) is 10.4. The quantitative estimate of drug-likeness (QED) is 0.623. The molecule has 0 spiro atoms. The monoisotopic (exact) mass is 357 g/mol. The van der Waals surface area contributed by atoms with Crippen molar-refractivity contribution in [3.05, 3.63) is 81.5 Å². The van der Waals surface area contributed by atoms with Gasteiger partial charge >= 0.3 is 0 Å². The Morgan fingerprint density at radius 2 is 1.96 bits per heavy atom. The highest BCUT2D eigenvalue weighted by molar-refractivity contribution is 7.09. The fraction of sp³-hybridized carbons (Fsp3) is 0.105. The minimum atomic E-state index is -0.0930. The van der Waals surface area contributed by atoms with Gasteiger partial charge in [-0.1, -0.05) is 29.8 Å². The smallest absolute Gasteiger partial charge is 0.258 e. The molecular weight excluding hydrogens is 342 g/mol. The molecule has 0 atom stereocenters. The van der Waals surface area contributed by atoms with Crippen LogP contribution < -0.4 is 9.64 Å². The SMILES string of the molecule is COc1cccc(C(=O)N(Cc2cccs2)c2cccc(Cl)c2)c1. The number of carbonyl (C=O) groups is 1. The molecule has 24 heavy (non-hydrogen) atoms. The van der Waals surface area contributed by atoms with E-state index in [-0.39, 0.29) is 5.91 Å². The van der Waals surface area contributed by atoms with Crippen LogP contribution in [0.15, 0.2) is 66.0 Å². The molecule has 3 rings (SSSR count). The maximum Gasteiger partial charge on any atom is 0.258 e. The summed E-state index contributed by atoms with van der Waals surface area (Å²) >= 11 is 7.73. The van der Waals surface area contributed by atoms with Crippen LogP contribution in [0.2, 0.25) is 5.02 Å². The summed E-state index contributed by atoms with van der Waals surface area (Å²) in [6.45, 7) is 0.494. The number of hydrogen-bond acceptors (Lipinski definition) is 3. The molecule has 0 saturated carbocycles. The van der Waals surface area contributed by atoms with E-state index >= 15 is 0 Å². The largest absolute Gasteiger partial charge is 0.497 e. The predicted octanol–water partition coefficient (Wildman–Crippen LogP) is 5.26. The second-order valence-electron chi connectivity index (χ2n) is 5.18. The van der Waals surface area contributed by atoms with Crippen LogP contribution in [0.1, 0.15) is 15.2 Å². The minimum Gasteiger partial charge on any atom is -0.497 e. The van der Waals surface area contributed by atoms with Crippen LogP contribution in [-0.2, 0) is 6.54 Å². The molecule has 1 amide bonds. The predicted molar refractivity (Wildman–Crippen MR) is 99.3 cm³/mol. The number of thiophene rings is 1. The number of amides is 1. The van der Waals surface area contributed by atoms with Crippen LogP contribution in [0.5, 0.6) is 5.75 Å². The number of hydrogen-bond donors (Lipinski definition) is 0. The van der Waals surface area contributed by atoms with Gasteiger partial charge in [-0.25, -0.2) is 0 Å². The highest BCUT2D eigenvalue weighted by Gasteiger charge is 2.19. The number of halogens is 1. The Hall–Kier alpha value is -2.30. The van der Waals surface area contributed by atoms with E-state index in [1.54, 1.807) is 47.6 Å². The number of ether oxygens (including phenoxy) is 1. The standard InChI is InChI=1S/C19H16ClNO2S/c1-23-17-8-2-5-14(11-17)19(22)21(13-18-9-4-10-24-18)16-7-3-6-15(20)12-16/h2-12H,13H2,1H3. The van der Waals surface area contributed by atoms with Crippen molar-refractivity contribution in [2.24, 2.45) is 0 Å². The van der Waals surface area contributed by atoms with Gasteiger partial charge in [0, 0.05) is 21.2 Å². The average Bonchev–Trinajstić information content (AvgIpc) is 3.12. The topological polar surface area (TPSA) is 29.5 Å². The van der Waals surface area contributed by atoms with E-state index in [0.29, 0.717) is 22.9 Å². The molecule has 0 aliphatic heterocycles. The highest BCUT2D eigenvalue weighted by Crippen LogP contribution is 2.25. The Bertz CT molecular complexity index is 833. The van der Waals surface area contributed by atoms with Gasteiger partial charge in [0.2, 0.25) is 0 Å². The Balaban J connectivity index is 1.98. The molecule has 122 valence electrons. The van der Waals surface area contributed by atoms with Gasteiger partial charge in [0.15, 0.2) is 0 Å². The van der Waals surface area contributed by atoms with E-state index in [9.17, 15) is 4.79 Å². The molecule has 0 unspecified atom stereocenters. The van der Waals surface area contributed by atoms with E-state index in [2.05, 4.69) is 0 Å². The first-order valence-electron chi connectivity index (χ1n) is 7.41. The lowest BCUT2D eigenvalue weighted by atomic mass is 10.1. The van der Waals surface area contributed by atoms with Crippen LogP contribution in [0.25, 0.3) is 0 Å². The Labute approximate surface area is 150 Å². The summed E-state index contributed by atoms with van der Waals surface area (Å²) < 4.78 is 5.23. The molecule has 3 nitrogen and oxygen atoms in total. The van der Waals surface area contributed by atoms with E-state index in [4.69, 9.17) is 16.3 Å². The number of methoxy groups -OCH3 is 1. The van der Waals surface area contributed by atoms with Crippen LogP contribution in [-0.4, -0.2) is 13.0 Å². The fourth-order valence-corrected chi connectivity index (χ4v) is 3.27. The summed E-state index contributed by atoms with van der Waals surface area (Å²) in [5.41, 5.74) is 1.34. The van der Waals surface area contributed by atoms with Crippen molar-refractivity contribution in [1.29, 1.82) is 0 Å². The third-order valence-corrected chi connectivity index (χ3v) is 4.67. The molecule has 3 aromatic rings. The van der Waals surface area contributed by atoms with Crippen molar-refractivity contribution >= 4 is 34.5 Å². The van der Waals surface area contributed by atoms with Gasteiger partial charge in [0.25, 0.3) is 5.91 Å². The first-order valence-corrected chi connectivity index (χ1v) is 8.67. The molecule has 0 radical (unpaired) electrons. The summed E-state index contributed by atoms with van der Waals surface area (Å²) in [4.78, 5) is 15.9. The molecule has 0 aliphatic rings. The molecule has 1 aromatic heterocycles. The molecular formula is C19H16ClNO2S. The number of rotatable bonds is 5. The lowest BCUT2D eigenvalue weighted by Crippen LogP contribution is -2.30. The molecule has 5 heteroatoms. The number of benzene rings is 2. The molecule has 2 aromatic carbocycles. The zero-order valence-electron chi connectivity index (χ0n) is 13.1. The van der Waals surface area contributed by atoms with Gasteiger partial charge in [-0.15, -0.1) is 11.3 Å². The van der Waals surface area contributed by atoms with Gasteiger partial charge in [-0.2, -0.15) is 0 Å². The van der Waals surface area contributed by atoms with Crippen molar-refractivity contribution in [2.75, 3.05) is 12.0 Å². The zero-order valence-corrected chi connectivity index (χ0v) is 14.7. The Kier molecular flexibility index (Phi) is 5.18. The Morgan fingerprint density at radius 3 is 2.67 bits per heavy atom. The minimum absolute atomic E-state index is 0.0930. The van der Waals surface area contributed by atoms with E-state index in [1.165, 1.54) is 0 Å². The molecule has 0 bridgehead atoms. The molecule has 0 N–H and O–H groups in total. The molecule has 1 heterocycles. The summed E-state index contributed by atoms with van der Waals surface area (Å²) in [6, 6.07) is 18.5. The van der Waals surface area contributed by atoms with Gasteiger partial charge < -0.3 is 9.64 Å². The lowest BCUT2D eigenvalue weighted by molar-refractivity contribution is 0.0985. The fourth-order valence-electron chi connectivity index (χ4n) is 2.39. The zero-order chi connectivity index (χ0) is 16.9. The highest BCUT2D eigenvalue weighted by atomic mass is 35.5. The van der Waals surface area contributed by atoms with Crippen molar-refractivity contribution in [1.82, 2.24) is 0 Å². The third-order valence-electron chi connectivity index (χ3n) is 3.58. The Morgan fingerprint density at radius 1 is 1.12 bits per heavy atom. The maximum atomic E-state index is 13.1. The second kappa shape index (κ2) is 7.51. The van der Waals surface area contributed by atoms with Crippen molar-refractivity contribution in [3.8, 4) is 5.75 Å². The van der Waals surface area contributed by atoms with Crippen molar-refractivity contribution in [2.45, 2.75) is 6.54 Å². The van der Waals surface area contributed by atoms with Gasteiger partial charge in [-0.3, -0.25) is 4.79 Å². The third kappa shape index (κ3) is 3.78. The summed E-state index contributed by atoms with van der Waals surface area (Å²) in [5, 5.41) is 2.60. The van der Waals surface area contributed by atoms with Gasteiger partial charge in [0.1, 0.15) is 5.75 Å². The number of carbonyl (C=O) groups excluding carboxylic acids is 1. The first kappa shape index (κ1) is 16.6. The van der Waals surface area contributed by atoms with E-state index in [0.717, 1.165) is 10.6 Å². The molecule has 0 aliphatic carbocycles. The summed E-state index contributed by atoms with van der Waals surface area (Å²) in [5.74, 6) is 0.563. The second-order valence-corrected chi connectivity index (χ2v) is 6.65. The summed E-state index contributed by atoms with van der Waals surface area (Å²) in [6.07, 6.45) is 0. The lowest BCUT2D eigenvalue weighted by Gasteiger charge is -2.23. The molecule has 0 saturated heterocycles. The van der Waals surface area contributed by atoms with Crippen LogP contribution in [0.4, 0.5) is 5.69 Å².